The first-order valence-electron chi connectivity index (χ1n) is 24.8. The maximum Gasteiger partial charge on any atom is 0.509 e. The van der Waals surface area contributed by atoms with Crippen molar-refractivity contribution >= 4 is 24.4 Å². The summed E-state index contributed by atoms with van der Waals surface area (Å²) < 4.78 is 75.9. The minimum Gasteiger partial charge on any atom is -0.488 e. The molecule has 7 rings (SSSR count). The molecule has 2 aromatic rings. The van der Waals surface area contributed by atoms with Gasteiger partial charge in [-0.25, -0.2) is 14.4 Å². The molecule has 0 unspecified atom stereocenters. The molecule has 5 aliphatic rings. The molecule has 4 saturated heterocycles. The Balaban J connectivity index is 1.30. The molecule has 5 aliphatic heterocycles. The summed E-state index contributed by atoms with van der Waals surface area (Å²) in [7, 11) is 3.07. The molecule has 18 heteroatoms. The van der Waals surface area contributed by atoms with Gasteiger partial charge in [0, 0.05) is 32.9 Å². The summed E-state index contributed by atoms with van der Waals surface area (Å²) >= 11 is 0. The van der Waals surface area contributed by atoms with Crippen molar-refractivity contribution in [2.45, 2.75) is 192 Å². The number of ether oxygens (including phenoxy) is 12. The lowest BCUT2D eigenvalue weighted by Gasteiger charge is -2.49. The van der Waals surface area contributed by atoms with Crippen molar-refractivity contribution in [3.63, 3.8) is 0 Å². The number of cyclic esters (lactones) is 1. The van der Waals surface area contributed by atoms with Crippen molar-refractivity contribution in [2.24, 2.45) is 17.8 Å². The number of likely N-dealkylation sites (N-methyl/N-ethyl adjacent to an activating group) is 1. The Morgan fingerprint density at radius 3 is 2.08 bits per heavy atom. The van der Waals surface area contributed by atoms with Crippen molar-refractivity contribution in [3.8, 4) is 0 Å². The lowest BCUT2D eigenvalue weighted by atomic mass is 9.78. The third kappa shape index (κ3) is 11.5. The zero-order valence-corrected chi connectivity index (χ0v) is 43.0. The second-order valence-electron chi connectivity index (χ2n) is 20.6. The fourth-order valence-corrected chi connectivity index (χ4v) is 11.1. The number of aliphatic hydroxyl groups is 1. The third-order valence-electron chi connectivity index (χ3n) is 15.1. The topological polar surface area (TPSA) is 203 Å². The van der Waals surface area contributed by atoms with Crippen LogP contribution in [0, 0.1) is 17.8 Å². The molecule has 0 radical (unpaired) electrons. The summed E-state index contributed by atoms with van der Waals surface area (Å²) in [5.74, 6) is -2.58. The number of nitrogens with zero attached hydrogens (tertiary/aromatic N) is 1. The first-order valence-corrected chi connectivity index (χ1v) is 24.8. The fraction of sp³-hybridized carbons (Fsp3) is 0.660. The van der Waals surface area contributed by atoms with Crippen LogP contribution in [0.4, 0.5) is 14.4 Å². The van der Waals surface area contributed by atoms with Crippen LogP contribution >= 0.6 is 0 Å². The largest absolute Gasteiger partial charge is 0.509 e. The Hall–Kier alpha value is -4.98. The van der Waals surface area contributed by atoms with Crippen LogP contribution in [0.3, 0.4) is 0 Å². The van der Waals surface area contributed by atoms with Gasteiger partial charge < -0.3 is 66.8 Å². The van der Waals surface area contributed by atoms with E-state index in [1.165, 1.54) is 12.0 Å². The first kappa shape index (κ1) is 53.8. The number of esters is 1. The van der Waals surface area contributed by atoms with Gasteiger partial charge in [-0.3, -0.25) is 4.79 Å². The Kier molecular flexibility index (Phi) is 16.7. The van der Waals surface area contributed by atoms with Crippen LogP contribution in [0.1, 0.15) is 106 Å². The maximum atomic E-state index is 14.8. The number of carbonyl (C=O) groups excluding carboxylic acids is 4. The molecule has 0 saturated carbocycles. The highest BCUT2D eigenvalue weighted by atomic mass is 16.8. The summed E-state index contributed by atoms with van der Waals surface area (Å²) in [6.07, 6.45) is -11.8. The van der Waals surface area contributed by atoms with Gasteiger partial charge in [0.25, 0.3) is 0 Å². The lowest BCUT2D eigenvalue weighted by molar-refractivity contribution is -0.317. The monoisotopic (exact) mass is 995 g/mol. The van der Waals surface area contributed by atoms with Crippen molar-refractivity contribution in [1.82, 2.24) is 4.90 Å². The number of hydrogen-bond donors (Lipinski definition) is 1. The van der Waals surface area contributed by atoms with Gasteiger partial charge in [0.1, 0.15) is 42.9 Å². The molecule has 1 N–H and O–H groups in total. The normalized spacial score (nSPS) is 38.4. The van der Waals surface area contributed by atoms with Crippen LogP contribution in [-0.4, -0.2) is 133 Å². The van der Waals surface area contributed by atoms with E-state index in [1.807, 2.05) is 102 Å². The molecule has 71 heavy (non-hydrogen) atoms. The van der Waals surface area contributed by atoms with Crippen LogP contribution in [0.15, 0.2) is 72.0 Å². The van der Waals surface area contributed by atoms with Gasteiger partial charge in [-0.05, 0) is 78.0 Å². The van der Waals surface area contributed by atoms with Crippen LogP contribution in [0.25, 0.3) is 0 Å². The molecule has 0 aliphatic carbocycles. The average Bonchev–Trinajstić information content (AvgIpc) is 3.84. The highest BCUT2D eigenvalue weighted by Crippen LogP contribution is 2.50. The predicted octanol–water partition coefficient (Wildman–Crippen LogP) is 8.14. The minimum atomic E-state index is -1.42. The molecule has 2 aromatic carbocycles. The minimum absolute atomic E-state index is 0.00588. The zero-order chi connectivity index (χ0) is 51.6. The number of carbonyl (C=O) groups is 4. The van der Waals surface area contributed by atoms with E-state index < -0.39 is 126 Å². The van der Waals surface area contributed by atoms with Crippen molar-refractivity contribution in [1.29, 1.82) is 0 Å². The molecule has 4 fully saturated rings. The number of rotatable bonds is 12. The Bertz CT molecular complexity index is 2210. The van der Waals surface area contributed by atoms with Crippen LogP contribution in [-0.2, 0) is 74.9 Å². The summed E-state index contributed by atoms with van der Waals surface area (Å²) in [5, 5.41) is 11.2. The van der Waals surface area contributed by atoms with E-state index in [1.54, 1.807) is 34.7 Å². The van der Waals surface area contributed by atoms with Gasteiger partial charge in [-0.15, -0.1) is 0 Å². The number of methoxy groups -OCH3 is 1. The van der Waals surface area contributed by atoms with Crippen LogP contribution < -0.4 is 0 Å². The fourth-order valence-electron chi connectivity index (χ4n) is 11.1. The van der Waals surface area contributed by atoms with Gasteiger partial charge in [0.05, 0.1) is 41.8 Å². The second-order valence-corrected chi connectivity index (χ2v) is 20.6. The van der Waals surface area contributed by atoms with Gasteiger partial charge in [-0.1, -0.05) is 81.4 Å². The first-order chi connectivity index (χ1) is 33.6. The summed E-state index contributed by atoms with van der Waals surface area (Å²) in [4.78, 5) is 57.0. The van der Waals surface area contributed by atoms with E-state index in [0.717, 1.165) is 16.7 Å². The number of amides is 1. The molecule has 2 bridgehead atoms. The van der Waals surface area contributed by atoms with E-state index in [2.05, 4.69) is 0 Å². The quantitative estimate of drug-likeness (QED) is 0.157. The van der Waals surface area contributed by atoms with Crippen LogP contribution in [0.2, 0.25) is 0 Å². The molecule has 1 amide bonds. The number of hydrogen-bond acceptors (Lipinski definition) is 17. The lowest BCUT2D eigenvalue weighted by Crippen LogP contribution is -2.61. The van der Waals surface area contributed by atoms with Gasteiger partial charge in [0.2, 0.25) is 0 Å². The smallest absolute Gasteiger partial charge is 0.488 e. The standard InChI is InChI=1S/C53H73NO17/c1-13-38-53(10)45(69-50(59)71-53)31(4)40-29(2)25-52(9,70-40)44(32(5)41(33(6)46(56)65-38)66-39-26-51(8,60-12)43(55)34(7)64-39)68-47-42(67-49(58)62-28-36-22-18-15-19-23-36)37(24-30(3)63-47)54(11)48(57)61-27-35-20-16-14-17-21-35/h14-23,30-34,37-39,41-45,47,55H,13,24-28H2,1-12H3/t30-,31-,32+,33-,34+,37+,38+,39+,41+,42-,43+,44-,45-,47+,51-,52-,53-/m1/s1. The third-order valence-corrected chi connectivity index (χ3v) is 15.1. The maximum absolute atomic E-state index is 14.8. The Labute approximate surface area is 416 Å². The molecule has 18 nitrogen and oxygen atoms in total. The van der Waals surface area contributed by atoms with E-state index in [0.29, 0.717) is 5.76 Å². The molecule has 392 valence electrons. The number of fused-ring (bicyclic) bond motifs is 3. The summed E-state index contributed by atoms with van der Waals surface area (Å²) in [6, 6.07) is 17.5. The zero-order valence-electron chi connectivity index (χ0n) is 43.0. The van der Waals surface area contributed by atoms with Gasteiger partial charge in [0.15, 0.2) is 30.4 Å². The van der Waals surface area contributed by atoms with E-state index in [4.69, 9.17) is 56.8 Å². The molecule has 5 heterocycles. The second kappa shape index (κ2) is 22.0. The highest BCUT2D eigenvalue weighted by molar-refractivity contribution is 5.73. The molecule has 0 spiro atoms. The number of aliphatic hydroxyl groups excluding tert-OH is 1. The highest BCUT2D eigenvalue weighted by Gasteiger charge is 2.61. The summed E-state index contributed by atoms with van der Waals surface area (Å²) in [6.45, 7) is 17.9. The molecule has 0 aromatic heterocycles. The average molecular weight is 996 g/mol. The Morgan fingerprint density at radius 1 is 0.831 bits per heavy atom. The van der Waals surface area contributed by atoms with E-state index in [-0.39, 0.29) is 38.9 Å². The van der Waals surface area contributed by atoms with E-state index >= 15 is 0 Å². The SMILES string of the molecule is CC[C@@H]1OC(=O)[C@H](C)[C@@H](O[C@H]2C[C@@](C)(OC)[C@@H](O)[C@H](C)O2)[C@H](C)[C@@H](O[C@@H]2O[C@H](C)C[C@H](N(C)C(=O)OCc3ccccc3)[C@H]2OC(=O)OCc2ccccc2)[C@@]2(C)CC(C)=C(O2)[C@@H](C)[C@H]2OC(=O)O[C@]12C. The molecular formula is C53H73NO17. The Morgan fingerprint density at radius 2 is 1.46 bits per heavy atom. The van der Waals surface area contributed by atoms with Crippen molar-refractivity contribution < 1.29 is 81.1 Å². The molecule has 17 atom stereocenters. The van der Waals surface area contributed by atoms with Gasteiger partial charge in [-0.2, -0.15) is 0 Å². The molecular weight excluding hydrogens is 923 g/mol. The van der Waals surface area contributed by atoms with Crippen LogP contribution in [0.5, 0.6) is 0 Å². The summed E-state index contributed by atoms with van der Waals surface area (Å²) in [5.41, 5.74) is -1.44. The predicted molar refractivity (Wildman–Crippen MR) is 253 cm³/mol. The van der Waals surface area contributed by atoms with Crippen molar-refractivity contribution in [2.75, 3.05) is 14.2 Å². The number of benzene rings is 2. The van der Waals surface area contributed by atoms with Gasteiger partial charge >= 0.3 is 24.4 Å². The van der Waals surface area contributed by atoms with Crippen molar-refractivity contribution in [3.05, 3.63) is 83.1 Å². The van der Waals surface area contributed by atoms with E-state index in [9.17, 15) is 24.3 Å².